The first-order valence-electron chi connectivity index (χ1n) is 6.97. The number of rotatable bonds is 5. The van der Waals surface area contributed by atoms with Crippen molar-refractivity contribution in [3.63, 3.8) is 0 Å². The summed E-state index contributed by atoms with van der Waals surface area (Å²) in [6, 6.07) is 17.7. The quantitative estimate of drug-likeness (QED) is 0.761. The molecule has 0 saturated heterocycles. The molecule has 20 heavy (non-hydrogen) atoms. The van der Waals surface area contributed by atoms with Gasteiger partial charge in [-0.05, 0) is 44.4 Å². The zero-order chi connectivity index (χ0) is 14.4. The van der Waals surface area contributed by atoms with Crippen molar-refractivity contribution < 1.29 is 9.53 Å². The van der Waals surface area contributed by atoms with Crippen molar-refractivity contribution in [2.45, 2.75) is 32.8 Å². The van der Waals surface area contributed by atoms with Crippen molar-refractivity contribution in [2.24, 2.45) is 0 Å². The molecule has 2 heteroatoms. The maximum atomic E-state index is 12.0. The SMILES string of the molecule is Cc1ccc(C(=O)OC(C)CCc2ccccc2)cc1. The molecule has 2 aromatic carbocycles. The molecule has 0 saturated carbocycles. The molecule has 2 nitrogen and oxygen atoms in total. The third kappa shape index (κ3) is 4.23. The Kier molecular flexibility index (Phi) is 4.94. The highest BCUT2D eigenvalue weighted by molar-refractivity contribution is 5.89. The minimum Gasteiger partial charge on any atom is -0.459 e. The van der Waals surface area contributed by atoms with E-state index in [9.17, 15) is 4.79 Å². The van der Waals surface area contributed by atoms with Gasteiger partial charge in [0.05, 0.1) is 11.7 Å². The smallest absolute Gasteiger partial charge is 0.338 e. The van der Waals surface area contributed by atoms with E-state index in [1.165, 1.54) is 5.56 Å². The second-order valence-corrected chi connectivity index (χ2v) is 5.11. The van der Waals surface area contributed by atoms with E-state index in [1.54, 1.807) is 0 Å². The Morgan fingerprint density at radius 1 is 1.05 bits per heavy atom. The van der Waals surface area contributed by atoms with E-state index in [1.807, 2.05) is 56.3 Å². The van der Waals surface area contributed by atoms with Gasteiger partial charge in [-0.25, -0.2) is 4.79 Å². The van der Waals surface area contributed by atoms with Gasteiger partial charge in [-0.15, -0.1) is 0 Å². The molecular formula is C18H20O2. The summed E-state index contributed by atoms with van der Waals surface area (Å²) in [6.45, 7) is 3.94. The molecule has 104 valence electrons. The highest BCUT2D eigenvalue weighted by Gasteiger charge is 2.11. The Hall–Kier alpha value is -2.09. The number of hydrogen-bond acceptors (Lipinski definition) is 2. The molecule has 0 amide bonds. The van der Waals surface area contributed by atoms with Gasteiger partial charge in [-0.2, -0.15) is 0 Å². The molecule has 1 unspecified atom stereocenters. The largest absolute Gasteiger partial charge is 0.459 e. The van der Waals surface area contributed by atoms with Crippen LogP contribution in [0.3, 0.4) is 0 Å². The molecule has 0 aliphatic carbocycles. The molecule has 0 spiro atoms. The summed E-state index contributed by atoms with van der Waals surface area (Å²) in [5.41, 5.74) is 3.02. The molecule has 0 aliphatic rings. The maximum Gasteiger partial charge on any atom is 0.338 e. The molecule has 2 aromatic rings. The van der Waals surface area contributed by atoms with Crippen molar-refractivity contribution in [1.82, 2.24) is 0 Å². The van der Waals surface area contributed by atoms with Gasteiger partial charge in [0.1, 0.15) is 0 Å². The zero-order valence-corrected chi connectivity index (χ0v) is 12.0. The summed E-state index contributed by atoms with van der Waals surface area (Å²) in [5.74, 6) is -0.245. The second-order valence-electron chi connectivity index (χ2n) is 5.11. The lowest BCUT2D eigenvalue weighted by Crippen LogP contribution is -2.15. The van der Waals surface area contributed by atoms with Crippen LogP contribution in [-0.4, -0.2) is 12.1 Å². The molecule has 0 aromatic heterocycles. The van der Waals surface area contributed by atoms with Crippen LogP contribution in [0.1, 0.15) is 34.8 Å². The molecule has 0 radical (unpaired) electrons. The minimum atomic E-state index is -0.245. The summed E-state index contributed by atoms with van der Waals surface area (Å²) in [6.07, 6.45) is 1.68. The van der Waals surface area contributed by atoms with E-state index < -0.39 is 0 Å². The van der Waals surface area contributed by atoms with Gasteiger partial charge in [0.25, 0.3) is 0 Å². The zero-order valence-electron chi connectivity index (χ0n) is 12.0. The number of hydrogen-bond donors (Lipinski definition) is 0. The molecule has 0 fully saturated rings. The molecule has 0 heterocycles. The lowest BCUT2D eigenvalue weighted by molar-refractivity contribution is 0.0325. The third-order valence-electron chi connectivity index (χ3n) is 3.28. The first-order chi connectivity index (χ1) is 9.65. The van der Waals surface area contributed by atoms with Gasteiger partial charge < -0.3 is 4.74 Å². The molecule has 1 atom stereocenters. The lowest BCUT2D eigenvalue weighted by Gasteiger charge is -2.13. The van der Waals surface area contributed by atoms with Gasteiger partial charge in [0.15, 0.2) is 0 Å². The van der Waals surface area contributed by atoms with Gasteiger partial charge >= 0.3 is 5.97 Å². The van der Waals surface area contributed by atoms with Crippen molar-refractivity contribution in [3.05, 3.63) is 71.3 Å². The van der Waals surface area contributed by atoms with Crippen molar-refractivity contribution in [3.8, 4) is 0 Å². The maximum absolute atomic E-state index is 12.0. The highest BCUT2D eigenvalue weighted by Crippen LogP contribution is 2.10. The van der Waals surface area contributed by atoms with E-state index >= 15 is 0 Å². The van der Waals surface area contributed by atoms with Crippen molar-refractivity contribution >= 4 is 5.97 Å². The minimum absolute atomic E-state index is 0.0796. The first kappa shape index (κ1) is 14.3. The van der Waals surface area contributed by atoms with Crippen LogP contribution in [0.15, 0.2) is 54.6 Å². The summed E-state index contributed by atoms with van der Waals surface area (Å²) < 4.78 is 5.46. The number of esters is 1. The topological polar surface area (TPSA) is 26.3 Å². The van der Waals surface area contributed by atoms with Gasteiger partial charge in [0, 0.05) is 0 Å². The number of carbonyl (C=O) groups is 1. The number of ether oxygens (including phenoxy) is 1. The fourth-order valence-corrected chi connectivity index (χ4v) is 2.01. The lowest BCUT2D eigenvalue weighted by atomic mass is 10.1. The van der Waals surface area contributed by atoms with Crippen LogP contribution in [0.25, 0.3) is 0 Å². The van der Waals surface area contributed by atoms with Crippen LogP contribution >= 0.6 is 0 Å². The van der Waals surface area contributed by atoms with E-state index in [0.29, 0.717) is 5.56 Å². The molecule has 2 rings (SSSR count). The molecule has 0 aliphatic heterocycles. The summed E-state index contributed by atoms with van der Waals surface area (Å²) in [5, 5.41) is 0. The van der Waals surface area contributed by atoms with E-state index in [0.717, 1.165) is 18.4 Å². The normalized spacial score (nSPS) is 11.9. The standard InChI is InChI=1S/C18H20O2/c1-14-8-12-17(13-9-14)18(19)20-15(2)10-11-16-6-4-3-5-7-16/h3-9,12-13,15H,10-11H2,1-2H3. The number of benzene rings is 2. The second kappa shape index (κ2) is 6.90. The van der Waals surface area contributed by atoms with E-state index in [4.69, 9.17) is 4.74 Å². The van der Waals surface area contributed by atoms with Crippen molar-refractivity contribution in [1.29, 1.82) is 0 Å². The third-order valence-corrected chi connectivity index (χ3v) is 3.28. The van der Waals surface area contributed by atoms with Gasteiger partial charge in [-0.1, -0.05) is 48.0 Å². The Bertz CT molecular complexity index is 543. The van der Waals surface area contributed by atoms with E-state index in [2.05, 4.69) is 12.1 Å². The van der Waals surface area contributed by atoms with Gasteiger partial charge in [-0.3, -0.25) is 0 Å². The number of aryl methyl sites for hydroxylation is 2. The Balaban J connectivity index is 1.83. The fourth-order valence-electron chi connectivity index (χ4n) is 2.01. The highest BCUT2D eigenvalue weighted by atomic mass is 16.5. The fraction of sp³-hybridized carbons (Fsp3) is 0.278. The monoisotopic (exact) mass is 268 g/mol. The molecule has 0 bridgehead atoms. The number of carbonyl (C=O) groups excluding carboxylic acids is 1. The Morgan fingerprint density at radius 2 is 1.70 bits per heavy atom. The summed E-state index contributed by atoms with van der Waals surface area (Å²) in [4.78, 5) is 12.0. The predicted octanol–water partition coefficient (Wildman–Crippen LogP) is 4.17. The summed E-state index contributed by atoms with van der Waals surface area (Å²) >= 11 is 0. The average molecular weight is 268 g/mol. The van der Waals surface area contributed by atoms with Crippen LogP contribution in [0.5, 0.6) is 0 Å². The summed E-state index contributed by atoms with van der Waals surface area (Å²) in [7, 11) is 0. The van der Waals surface area contributed by atoms with Crippen LogP contribution in [0.4, 0.5) is 0 Å². The first-order valence-corrected chi connectivity index (χ1v) is 6.97. The Morgan fingerprint density at radius 3 is 2.35 bits per heavy atom. The van der Waals surface area contributed by atoms with Crippen molar-refractivity contribution in [2.75, 3.05) is 0 Å². The van der Waals surface area contributed by atoms with Gasteiger partial charge in [0.2, 0.25) is 0 Å². The van der Waals surface area contributed by atoms with Crippen LogP contribution in [-0.2, 0) is 11.2 Å². The molecule has 0 N–H and O–H groups in total. The van der Waals surface area contributed by atoms with Crippen LogP contribution in [0, 0.1) is 6.92 Å². The van der Waals surface area contributed by atoms with Crippen LogP contribution in [0.2, 0.25) is 0 Å². The Labute approximate surface area is 120 Å². The van der Waals surface area contributed by atoms with Crippen LogP contribution < -0.4 is 0 Å². The van der Waals surface area contributed by atoms with E-state index in [-0.39, 0.29) is 12.1 Å². The molecular weight excluding hydrogens is 248 g/mol. The average Bonchev–Trinajstić information content (AvgIpc) is 2.47. The predicted molar refractivity (Wildman–Crippen MR) is 80.8 cm³/mol.